The lowest BCUT2D eigenvalue weighted by atomic mass is 9.65. The Bertz CT molecular complexity index is 2650. The van der Waals surface area contributed by atoms with Gasteiger partial charge in [0.2, 0.25) is 0 Å². The fourth-order valence-electron chi connectivity index (χ4n) is 8.57. The van der Waals surface area contributed by atoms with E-state index in [0.29, 0.717) is 0 Å². The van der Waals surface area contributed by atoms with Gasteiger partial charge in [0.05, 0.1) is 16.8 Å². The van der Waals surface area contributed by atoms with Crippen LogP contribution in [0.15, 0.2) is 158 Å². The topological polar surface area (TPSA) is 25.8 Å². The third-order valence-corrected chi connectivity index (χ3v) is 11.3. The Hall–Kier alpha value is -5.86. The standard InChI is InChI=1S/C51H44N2/c1-49(2,3)36-24-26-52-47(32-36)44-31-39(27-34-16-8-9-17-40(34)44)51(45-21-13-11-19-42(45)43-20-12-14-22-46(43)51)38-29-35(28-37(30-38)50(4,5)6)48-41-18-10-7-15-33(41)23-25-53-48/h7-32H,1-6H3. The van der Waals surface area contributed by atoms with Gasteiger partial charge < -0.3 is 0 Å². The maximum absolute atomic E-state index is 5.07. The predicted molar refractivity (Wildman–Crippen MR) is 223 cm³/mol. The lowest BCUT2D eigenvalue weighted by Gasteiger charge is -2.36. The molecule has 258 valence electrons. The van der Waals surface area contributed by atoms with Gasteiger partial charge in [-0.25, -0.2) is 0 Å². The van der Waals surface area contributed by atoms with Crippen molar-refractivity contribution in [1.29, 1.82) is 0 Å². The Labute approximate surface area is 313 Å². The summed E-state index contributed by atoms with van der Waals surface area (Å²) in [4.78, 5) is 10.1. The average Bonchev–Trinajstić information content (AvgIpc) is 3.47. The quantitative estimate of drug-likeness (QED) is 0.184. The number of nitrogens with zero attached hydrogens (tertiary/aromatic N) is 2. The number of hydrogen-bond donors (Lipinski definition) is 0. The Morgan fingerprint density at radius 1 is 0.434 bits per heavy atom. The van der Waals surface area contributed by atoms with E-state index in [-0.39, 0.29) is 10.8 Å². The summed E-state index contributed by atoms with van der Waals surface area (Å²) in [7, 11) is 0. The number of fused-ring (bicyclic) bond motifs is 5. The molecule has 1 aliphatic carbocycles. The molecule has 0 saturated heterocycles. The second-order valence-corrected chi connectivity index (χ2v) is 16.7. The van der Waals surface area contributed by atoms with Crippen molar-refractivity contribution < 1.29 is 0 Å². The van der Waals surface area contributed by atoms with E-state index in [2.05, 4.69) is 187 Å². The van der Waals surface area contributed by atoms with Crippen molar-refractivity contribution in [3.05, 3.63) is 191 Å². The van der Waals surface area contributed by atoms with Gasteiger partial charge in [-0.3, -0.25) is 9.97 Å². The van der Waals surface area contributed by atoms with Crippen LogP contribution in [0.25, 0.3) is 55.2 Å². The molecule has 0 spiro atoms. The first-order chi connectivity index (χ1) is 25.5. The molecular weight excluding hydrogens is 641 g/mol. The summed E-state index contributed by atoms with van der Waals surface area (Å²) in [6, 6.07) is 54.2. The predicted octanol–water partition coefficient (Wildman–Crippen LogP) is 13.1. The first-order valence-corrected chi connectivity index (χ1v) is 18.7. The summed E-state index contributed by atoms with van der Waals surface area (Å²) in [6.45, 7) is 13.8. The molecule has 6 aromatic carbocycles. The lowest BCUT2D eigenvalue weighted by molar-refractivity contribution is 0.587. The van der Waals surface area contributed by atoms with Gasteiger partial charge in [0.25, 0.3) is 0 Å². The van der Waals surface area contributed by atoms with Crippen LogP contribution in [-0.2, 0) is 16.2 Å². The Morgan fingerprint density at radius 2 is 1.02 bits per heavy atom. The monoisotopic (exact) mass is 684 g/mol. The number of pyridine rings is 2. The third kappa shape index (κ3) is 5.31. The molecule has 2 aromatic heterocycles. The maximum atomic E-state index is 5.07. The Balaban J connectivity index is 1.43. The van der Waals surface area contributed by atoms with Gasteiger partial charge in [-0.05, 0) is 114 Å². The summed E-state index contributed by atoms with van der Waals surface area (Å²) >= 11 is 0. The van der Waals surface area contributed by atoms with Crippen molar-refractivity contribution >= 4 is 21.5 Å². The van der Waals surface area contributed by atoms with Gasteiger partial charge in [0.1, 0.15) is 0 Å². The molecule has 1 aliphatic rings. The van der Waals surface area contributed by atoms with Crippen LogP contribution in [0.5, 0.6) is 0 Å². The summed E-state index contributed by atoms with van der Waals surface area (Å²) in [5.41, 5.74) is 13.7. The zero-order chi connectivity index (χ0) is 36.5. The number of aromatic nitrogens is 2. The molecule has 0 fully saturated rings. The second kappa shape index (κ2) is 12.1. The number of rotatable bonds is 4. The molecular formula is C51H44N2. The molecule has 0 amide bonds. The van der Waals surface area contributed by atoms with E-state index in [1.165, 1.54) is 60.7 Å². The first-order valence-electron chi connectivity index (χ1n) is 18.7. The van der Waals surface area contributed by atoms with Crippen LogP contribution in [0.3, 0.4) is 0 Å². The largest absolute Gasteiger partial charge is 0.256 e. The van der Waals surface area contributed by atoms with Crippen LogP contribution in [0.2, 0.25) is 0 Å². The molecule has 53 heavy (non-hydrogen) atoms. The first kappa shape index (κ1) is 33.0. The van der Waals surface area contributed by atoms with E-state index in [9.17, 15) is 0 Å². The van der Waals surface area contributed by atoms with Crippen molar-refractivity contribution in [3.63, 3.8) is 0 Å². The summed E-state index contributed by atoms with van der Waals surface area (Å²) in [6.07, 6.45) is 3.93. The molecule has 2 heteroatoms. The van der Waals surface area contributed by atoms with Crippen LogP contribution in [0.4, 0.5) is 0 Å². The van der Waals surface area contributed by atoms with Crippen molar-refractivity contribution in [2.45, 2.75) is 57.8 Å². The van der Waals surface area contributed by atoms with Crippen LogP contribution in [-0.4, -0.2) is 9.97 Å². The molecule has 2 nitrogen and oxygen atoms in total. The van der Waals surface area contributed by atoms with Gasteiger partial charge in [-0.2, -0.15) is 0 Å². The minimum Gasteiger partial charge on any atom is -0.256 e. The zero-order valence-electron chi connectivity index (χ0n) is 31.4. The van der Waals surface area contributed by atoms with Gasteiger partial charge >= 0.3 is 0 Å². The molecule has 0 unspecified atom stereocenters. The average molecular weight is 685 g/mol. The molecule has 0 atom stereocenters. The highest BCUT2D eigenvalue weighted by molar-refractivity contribution is 5.99. The van der Waals surface area contributed by atoms with Crippen molar-refractivity contribution in [2.24, 2.45) is 0 Å². The molecule has 0 aliphatic heterocycles. The van der Waals surface area contributed by atoms with Gasteiger partial charge in [-0.1, -0.05) is 145 Å². The maximum Gasteiger partial charge on any atom is 0.0780 e. The molecule has 0 saturated carbocycles. The van der Waals surface area contributed by atoms with Crippen molar-refractivity contribution in [3.8, 4) is 33.6 Å². The van der Waals surface area contributed by atoms with E-state index in [1.54, 1.807) is 0 Å². The number of hydrogen-bond acceptors (Lipinski definition) is 2. The van der Waals surface area contributed by atoms with Gasteiger partial charge in [0, 0.05) is 28.9 Å². The fraction of sp³-hybridized carbons (Fsp3) is 0.176. The zero-order valence-corrected chi connectivity index (χ0v) is 31.4. The molecule has 9 rings (SSSR count). The molecule has 0 radical (unpaired) electrons. The fourth-order valence-corrected chi connectivity index (χ4v) is 8.57. The van der Waals surface area contributed by atoms with Crippen molar-refractivity contribution in [2.75, 3.05) is 0 Å². The molecule has 0 N–H and O–H groups in total. The molecule has 8 aromatic rings. The Kier molecular flexibility index (Phi) is 7.54. The van der Waals surface area contributed by atoms with Crippen LogP contribution >= 0.6 is 0 Å². The summed E-state index contributed by atoms with van der Waals surface area (Å²) in [5, 5.41) is 4.75. The highest BCUT2D eigenvalue weighted by Crippen LogP contribution is 2.57. The van der Waals surface area contributed by atoms with Crippen LogP contribution < -0.4 is 0 Å². The SMILES string of the molecule is CC(C)(C)c1cc(-c2nccc3ccccc23)cc(C2(c3cc(-c4cc(C(C)(C)C)ccn4)c4ccccc4c3)c3ccccc3-c3ccccc32)c1. The van der Waals surface area contributed by atoms with E-state index in [0.717, 1.165) is 27.9 Å². The molecule has 0 bridgehead atoms. The highest BCUT2D eigenvalue weighted by atomic mass is 14.7. The van der Waals surface area contributed by atoms with Crippen LogP contribution in [0, 0.1) is 0 Å². The second-order valence-electron chi connectivity index (χ2n) is 16.7. The molecule has 2 heterocycles. The normalized spacial score (nSPS) is 13.6. The van der Waals surface area contributed by atoms with E-state index < -0.39 is 5.41 Å². The van der Waals surface area contributed by atoms with Crippen LogP contribution in [0.1, 0.15) is 74.9 Å². The minimum atomic E-state index is -0.617. The summed E-state index contributed by atoms with van der Waals surface area (Å²) < 4.78 is 0. The van der Waals surface area contributed by atoms with E-state index in [1.807, 2.05) is 12.4 Å². The highest BCUT2D eigenvalue weighted by Gasteiger charge is 2.47. The van der Waals surface area contributed by atoms with E-state index >= 15 is 0 Å². The van der Waals surface area contributed by atoms with E-state index in [4.69, 9.17) is 9.97 Å². The smallest absolute Gasteiger partial charge is 0.0780 e. The lowest BCUT2D eigenvalue weighted by Crippen LogP contribution is -2.29. The van der Waals surface area contributed by atoms with Gasteiger partial charge in [0.15, 0.2) is 0 Å². The number of benzene rings is 6. The summed E-state index contributed by atoms with van der Waals surface area (Å²) in [5.74, 6) is 0. The Morgan fingerprint density at radius 3 is 1.72 bits per heavy atom. The van der Waals surface area contributed by atoms with Gasteiger partial charge in [-0.15, -0.1) is 0 Å². The third-order valence-electron chi connectivity index (χ3n) is 11.3. The van der Waals surface area contributed by atoms with Crippen molar-refractivity contribution in [1.82, 2.24) is 9.97 Å². The minimum absolute atomic E-state index is 0.00486.